The summed E-state index contributed by atoms with van der Waals surface area (Å²) in [6.07, 6.45) is 1.87. The Balaban J connectivity index is 2.07. The van der Waals surface area contributed by atoms with Gasteiger partial charge >= 0.3 is 0 Å². The summed E-state index contributed by atoms with van der Waals surface area (Å²) in [5.74, 6) is 0.429. The summed E-state index contributed by atoms with van der Waals surface area (Å²) in [5, 5.41) is 5.56. The highest BCUT2D eigenvalue weighted by atomic mass is 16.5. The van der Waals surface area contributed by atoms with Crippen molar-refractivity contribution in [3.05, 3.63) is 18.2 Å². The zero-order valence-corrected chi connectivity index (χ0v) is 11.2. The molecule has 0 aromatic heterocycles. The molecule has 0 radical (unpaired) electrons. The Hall–Kier alpha value is -2.04. The molecule has 1 aromatic rings. The fraction of sp³-hybridized carbons (Fsp3) is 0.429. The van der Waals surface area contributed by atoms with E-state index in [1.165, 1.54) is 0 Å². The molecule has 0 fully saturated rings. The molecule has 102 valence electrons. The summed E-state index contributed by atoms with van der Waals surface area (Å²) in [4.78, 5) is 23.1. The van der Waals surface area contributed by atoms with Crippen molar-refractivity contribution >= 4 is 23.2 Å². The van der Waals surface area contributed by atoms with Gasteiger partial charge in [0.25, 0.3) is 5.91 Å². The van der Waals surface area contributed by atoms with E-state index < -0.39 is 6.10 Å². The SMILES string of the molecule is CCCCC(=O)Nc1ccc2c(c1)NC(=O)[C@H](C)O2. The molecule has 2 rings (SSSR count). The van der Waals surface area contributed by atoms with Gasteiger partial charge in [0.1, 0.15) is 5.75 Å². The van der Waals surface area contributed by atoms with Crippen molar-refractivity contribution in [2.75, 3.05) is 10.6 Å². The molecule has 0 saturated heterocycles. The molecule has 1 aliphatic heterocycles. The van der Waals surface area contributed by atoms with Gasteiger partial charge in [-0.25, -0.2) is 0 Å². The molecule has 19 heavy (non-hydrogen) atoms. The average molecular weight is 262 g/mol. The molecule has 5 heteroatoms. The Morgan fingerprint density at radius 2 is 2.26 bits per heavy atom. The number of carbonyl (C=O) groups excluding carboxylic acids is 2. The largest absolute Gasteiger partial charge is 0.479 e. The van der Waals surface area contributed by atoms with Crippen LogP contribution in [0.15, 0.2) is 18.2 Å². The molecule has 1 aliphatic rings. The number of amides is 2. The van der Waals surface area contributed by atoms with E-state index in [2.05, 4.69) is 10.6 Å². The third-order valence-corrected chi connectivity index (χ3v) is 2.95. The van der Waals surface area contributed by atoms with Gasteiger partial charge in [0.15, 0.2) is 6.10 Å². The fourth-order valence-electron chi connectivity index (χ4n) is 1.85. The number of anilines is 2. The first-order chi connectivity index (χ1) is 9.10. The predicted molar refractivity (Wildman–Crippen MR) is 73.3 cm³/mol. The Morgan fingerprint density at radius 3 is 3.00 bits per heavy atom. The van der Waals surface area contributed by atoms with Gasteiger partial charge in [0.05, 0.1) is 5.69 Å². The summed E-state index contributed by atoms with van der Waals surface area (Å²) in [5.41, 5.74) is 1.26. The zero-order chi connectivity index (χ0) is 13.8. The monoisotopic (exact) mass is 262 g/mol. The maximum absolute atomic E-state index is 11.6. The molecule has 1 heterocycles. The molecule has 1 atom stereocenters. The van der Waals surface area contributed by atoms with E-state index in [0.717, 1.165) is 12.8 Å². The van der Waals surface area contributed by atoms with E-state index in [0.29, 0.717) is 23.5 Å². The van der Waals surface area contributed by atoms with Crippen LogP contribution in [0.3, 0.4) is 0 Å². The van der Waals surface area contributed by atoms with Gasteiger partial charge in [0, 0.05) is 12.1 Å². The van der Waals surface area contributed by atoms with Crippen LogP contribution in [0.1, 0.15) is 33.1 Å². The lowest BCUT2D eigenvalue weighted by atomic mass is 10.2. The van der Waals surface area contributed by atoms with Gasteiger partial charge < -0.3 is 15.4 Å². The lowest BCUT2D eigenvalue weighted by Gasteiger charge is -2.23. The van der Waals surface area contributed by atoms with Crippen LogP contribution in [0.25, 0.3) is 0 Å². The van der Waals surface area contributed by atoms with Gasteiger partial charge in [-0.05, 0) is 31.5 Å². The average Bonchev–Trinajstić information content (AvgIpc) is 2.38. The molecular weight excluding hydrogens is 244 g/mol. The maximum atomic E-state index is 11.6. The van der Waals surface area contributed by atoms with E-state index in [-0.39, 0.29) is 11.8 Å². The number of fused-ring (bicyclic) bond motifs is 1. The highest BCUT2D eigenvalue weighted by molar-refractivity contribution is 5.99. The van der Waals surface area contributed by atoms with Crippen molar-refractivity contribution in [1.82, 2.24) is 0 Å². The third kappa shape index (κ3) is 3.24. The maximum Gasteiger partial charge on any atom is 0.265 e. The standard InChI is InChI=1S/C14H18N2O3/c1-3-4-5-13(17)15-10-6-7-12-11(8-10)16-14(18)9(2)19-12/h6-9H,3-5H2,1-2H3,(H,15,17)(H,16,18)/t9-/m0/s1. The smallest absolute Gasteiger partial charge is 0.265 e. The lowest BCUT2D eigenvalue weighted by Crippen LogP contribution is -2.34. The number of hydrogen-bond acceptors (Lipinski definition) is 3. The van der Waals surface area contributed by atoms with Crippen molar-refractivity contribution in [1.29, 1.82) is 0 Å². The second-order valence-corrected chi connectivity index (χ2v) is 4.61. The fourth-order valence-corrected chi connectivity index (χ4v) is 1.85. The molecule has 1 aromatic carbocycles. The number of carbonyl (C=O) groups is 2. The predicted octanol–water partition coefficient (Wildman–Crippen LogP) is 2.53. The van der Waals surface area contributed by atoms with Crippen LogP contribution in [-0.4, -0.2) is 17.9 Å². The van der Waals surface area contributed by atoms with Crippen molar-refractivity contribution in [2.24, 2.45) is 0 Å². The van der Waals surface area contributed by atoms with Gasteiger partial charge in [-0.2, -0.15) is 0 Å². The number of benzene rings is 1. The zero-order valence-electron chi connectivity index (χ0n) is 11.2. The van der Waals surface area contributed by atoms with E-state index in [1.807, 2.05) is 6.92 Å². The summed E-state index contributed by atoms with van der Waals surface area (Å²) >= 11 is 0. The normalized spacial score (nSPS) is 17.2. The van der Waals surface area contributed by atoms with E-state index >= 15 is 0 Å². The summed E-state index contributed by atoms with van der Waals surface area (Å²) < 4.78 is 5.44. The second kappa shape index (κ2) is 5.73. The van der Waals surface area contributed by atoms with Gasteiger partial charge in [0.2, 0.25) is 5.91 Å². The summed E-state index contributed by atoms with van der Waals surface area (Å²) in [6, 6.07) is 5.23. The highest BCUT2D eigenvalue weighted by Gasteiger charge is 2.23. The van der Waals surface area contributed by atoms with Crippen molar-refractivity contribution in [3.63, 3.8) is 0 Å². The number of rotatable bonds is 4. The quantitative estimate of drug-likeness (QED) is 0.876. The highest BCUT2D eigenvalue weighted by Crippen LogP contribution is 2.32. The van der Waals surface area contributed by atoms with Crippen LogP contribution in [0.5, 0.6) is 5.75 Å². The van der Waals surface area contributed by atoms with Crippen LogP contribution in [0, 0.1) is 0 Å². The molecular formula is C14H18N2O3. The van der Waals surface area contributed by atoms with E-state index in [1.54, 1.807) is 25.1 Å². The Morgan fingerprint density at radius 1 is 1.47 bits per heavy atom. The van der Waals surface area contributed by atoms with Gasteiger partial charge in [-0.3, -0.25) is 9.59 Å². The molecule has 0 unspecified atom stereocenters. The van der Waals surface area contributed by atoms with Gasteiger partial charge in [-0.1, -0.05) is 13.3 Å². The van der Waals surface area contributed by atoms with Crippen molar-refractivity contribution in [3.8, 4) is 5.75 Å². The molecule has 5 nitrogen and oxygen atoms in total. The van der Waals surface area contributed by atoms with Crippen LogP contribution >= 0.6 is 0 Å². The minimum Gasteiger partial charge on any atom is -0.479 e. The third-order valence-electron chi connectivity index (χ3n) is 2.95. The van der Waals surface area contributed by atoms with Crippen LogP contribution in [0.4, 0.5) is 11.4 Å². The summed E-state index contributed by atoms with van der Waals surface area (Å²) in [7, 11) is 0. The topological polar surface area (TPSA) is 67.4 Å². The van der Waals surface area contributed by atoms with Crippen molar-refractivity contribution in [2.45, 2.75) is 39.2 Å². The number of nitrogens with one attached hydrogen (secondary N) is 2. The van der Waals surface area contributed by atoms with Crippen LogP contribution in [-0.2, 0) is 9.59 Å². The van der Waals surface area contributed by atoms with Gasteiger partial charge in [-0.15, -0.1) is 0 Å². The minimum atomic E-state index is -0.488. The molecule has 0 saturated carbocycles. The van der Waals surface area contributed by atoms with E-state index in [9.17, 15) is 9.59 Å². The van der Waals surface area contributed by atoms with E-state index in [4.69, 9.17) is 4.74 Å². The van der Waals surface area contributed by atoms with Crippen LogP contribution in [0.2, 0.25) is 0 Å². The second-order valence-electron chi connectivity index (χ2n) is 4.61. The summed E-state index contributed by atoms with van der Waals surface area (Å²) in [6.45, 7) is 3.74. The molecule has 2 amide bonds. The molecule has 0 spiro atoms. The molecule has 0 bridgehead atoms. The first-order valence-corrected chi connectivity index (χ1v) is 6.51. The number of ether oxygens (including phenoxy) is 1. The Kier molecular flexibility index (Phi) is 4.04. The van der Waals surface area contributed by atoms with Crippen molar-refractivity contribution < 1.29 is 14.3 Å². The first-order valence-electron chi connectivity index (χ1n) is 6.51. The lowest BCUT2D eigenvalue weighted by molar-refractivity contribution is -0.122. The Bertz CT molecular complexity index is 499. The van der Waals surface area contributed by atoms with Crippen LogP contribution < -0.4 is 15.4 Å². The minimum absolute atomic E-state index is 0.0155. The Labute approximate surface area is 112 Å². The molecule has 0 aliphatic carbocycles. The number of unbranched alkanes of at least 4 members (excludes halogenated alkanes) is 1. The number of hydrogen-bond donors (Lipinski definition) is 2. The molecule has 2 N–H and O–H groups in total. The first kappa shape index (κ1) is 13.4.